The van der Waals surface area contributed by atoms with Gasteiger partial charge in [-0.15, -0.1) is 0 Å². The van der Waals surface area contributed by atoms with Crippen LogP contribution in [0.5, 0.6) is 11.5 Å². The van der Waals surface area contributed by atoms with Gasteiger partial charge in [0.15, 0.2) is 11.5 Å². The molecule has 1 saturated carbocycles. The maximum absolute atomic E-state index is 13.3. The molecular weight excluding hydrogens is 480 g/mol. The number of benzene rings is 1. The van der Waals surface area contributed by atoms with E-state index in [1.165, 1.54) is 7.11 Å². The van der Waals surface area contributed by atoms with Gasteiger partial charge in [0.2, 0.25) is 11.8 Å². The number of hydrogen-bond donors (Lipinski definition) is 4. The molecule has 10 heteroatoms. The van der Waals surface area contributed by atoms with Gasteiger partial charge in [-0.05, 0) is 56.9 Å². The highest BCUT2D eigenvalue weighted by atomic mass is 16.5. The van der Waals surface area contributed by atoms with E-state index in [9.17, 15) is 24.9 Å². The van der Waals surface area contributed by atoms with E-state index < -0.39 is 30.1 Å². The molecule has 37 heavy (non-hydrogen) atoms. The molecule has 204 valence electrons. The fraction of sp³-hybridized carbons (Fsp3) is 0.630. The third-order valence-corrected chi connectivity index (χ3v) is 7.06. The van der Waals surface area contributed by atoms with Crippen molar-refractivity contribution in [2.24, 2.45) is 5.92 Å². The first-order chi connectivity index (χ1) is 17.8. The average Bonchev–Trinajstić information content (AvgIpc) is 3.67. The van der Waals surface area contributed by atoms with Crippen LogP contribution in [0.4, 0.5) is 0 Å². The molecule has 0 bridgehead atoms. The Hall–Kier alpha value is -2.66. The quantitative estimate of drug-likeness (QED) is 0.299. The number of nitrogens with zero attached hydrogens (tertiary/aromatic N) is 1. The van der Waals surface area contributed by atoms with Crippen molar-refractivity contribution in [2.45, 2.75) is 70.0 Å². The minimum absolute atomic E-state index is 0.0472. The summed E-state index contributed by atoms with van der Waals surface area (Å²) in [5.41, 5.74) is 1.56. The second kappa shape index (κ2) is 11.8. The summed E-state index contributed by atoms with van der Waals surface area (Å²) in [5, 5.41) is 33.3. The van der Waals surface area contributed by atoms with Crippen molar-refractivity contribution in [1.82, 2.24) is 10.2 Å². The predicted molar refractivity (Wildman–Crippen MR) is 134 cm³/mol. The predicted octanol–water partition coefficient (Wildman–Crippen LogP) is 0.864. The van der Waals surface area contributed by atoms with E-state index in [4.69, 9.17) is 14.2 Å². The maximum atomic E-state index is 13.3. The number of aliphatic hydroxyl groups excluding tert-OH is 3. The Bertz CT molecular complexity index is 1020. The molecule has 1 fully saturated rings. The van der Waals surface area contributed by atoms with Gasteiger partial charge in [0.25, 0.3) is 0 Å². The highest BCUT2D eigenvalue weighted by Crippen LogP contribution is 2.51. The zero-order chi connectivity index (χ0) is 26.7. The van der Waals surface area contributed by atoms with Crippen LogP contribution in [0.3, 0.4) is 0 Å². The number of carbonyl (C=O) groups is 2. The first-order valence-corrected chi connectivity index (χ1v) is 13.0. The van der Waals surface area contributed by atoms with E-state index in [2.05, 4.69) is 5.32 Å². The molecule has 2 amide bonds. The van der Waals surface area contributed by atoms with E-state index in [0.717, 1.165) is 12.8 Å². The lowest BCUT2D eigenvalue weighted by Crippen LogP contribution is -2.56. The Labute approximate surface area is 217 Å². The molecule has 1 aromatic rings. The van der Waals surface area contributed by atoms with Crippen LogP contribution in [0.2, 0.25) is 0 Å². The van der Waals surface area contributed by atoms with Gasteiger partial charge in [-0.3, -0.25) is 9.59 Å². The molecule has 4 N–H and O–H groups in total. The zero-order valence-electron chi connectivity index (χ0n) is 21.7. The van der Waals surface area contributed by atoms with Gasteiger partial charge >= 0.3 is 0 Å². The highest BCUT2D eigenvalue weighted by Gasteiger charge is 2.52. The Kier molecular flexibility index (Phi) is 8.74. The van der Waals surface area contributed by atoms with Gasteiger partial charge in [-0.2, -0.15) is 0 Å². The molecule has 0 spiro atoms. The molecule has 10 nitrogen and oxygen atoms in total. The highest BCUT2D eigenvalue weighted by molar-refractivity contribution is 5.96. The van der Waals surface area contributed by atoms with E-state index in [0.29, 0.717) is 47.8 Å². The number of nitrogens with one attached hydrogen (secondary N) is 1. The molecular formula is C27H38N2O8. The van der Waals surface area contributed by atoms with Gasteiger partial charge in [0.1, 0.15) is 12.2 Å². The van der Waals surface area contributed by atoms with Crippen molar-refractivity contribution >= 4 is 11.8 Å². The van der Waals surface area contributed by atoms with Crippen LogP contribution in [0.25, 0.3) is 0 Å². The van der Waals surface area contributed by atoms with Gasteiger partial charge in [0, 0.05) is 36.8 Å². The summed E-state index contributed by atoms with van der Waals surface area (Å²) >= 11 is 0. The number of ether oxygens (including phenoxy) is 3. The van der Waals surface area contributed by atoms with Crippen LogP contribution in [0, 0.1) is 5.92 Å². The number of rotatable bonds is 12. The first-order valence-electron chi connectivity index (χ1n) is 13.0. The molecule has 0 saturated heterocycles. The van der Waals surface area contributed by atoms with Crippen LogP contribution in [-0.4, -0.2) is 89.8 Å². The number of aliphatic hydroxyl groups is 3. The van der Waals surface area contributed by atoms with Crippen molar-refractivity contribution in [3.05, 3.63) is 34.9 Å². The number of methoxy groups -OCH3 is 1. The van der Waals surface area contributed by atoms with Gasteiger partial charge < -0.3 is 39.7 Å². The fourth-order valence-electron chi connectivity index (χ4n) is 5.14. The summed E-state index contributed by atoms with van der Waals surface area (Å²) in [5.74, 6) is -0.374. The smallest absolute Gasteiger partial charge is 0.247 e. The lowest BCUT2D eigenvalue weighted by molar-refractivity contribution is -0.138. The van der Waals surface area contributed by atoms with Crippen LogP contribution in [0.15, 0.2) is 23.8 Å². The fourth-order valence-corrected chi connectivity index (χ4v) is 5.14. The van der Waals surface area contributed by atoms with Crippen molar-refractivity contribution < 1.29 is 39.1 Å². The number of fused-ring (bicyclic) bond motifs is 3. The molecule has 0 radical (unpaired) electrons. The topological polar surface area (TPSA) is 138 Å². The Balaban J connectivity index is 1.72. The zero-order valence-corrected chi connectivity index (χ0v) is 21.7. The SMILES string of the molecule is COc1cc(CO)cc2c1OC1C2C(C(=O)NCCO)=CC(N(CCCOC(C)C)C(=O)C2CC2)C1O. The lowest BCUT2D eigenvalue weighted by atomic mass is 9.77. The minimum Gasteiger partial charge on any atom is -0.493 e. The molecule has 1 aromatic carbocycles. The molecule has 4 rings (SSSR count). The monoisotopic (exact) mass is 518 g/mol. The minimum atomic E-state index is -1.11. The van der Waals surface area contributed by atoms with E-state index in [-0.39, 0.29) is 37.7 Å². The normalized spacial score (nSPS) is 24.1. The van der Waals surface area contributed by atoms with E-state index in [1.54, 1.807) is 23.1 Å². The third kappa shape index (κ3) is 5.77. The van der Waals surface area contributed by atoms with Crippen LogP contribution in [-0.2, 0) is 20.9 Å². The molecule has 4 atom stereocenters. The molecule has 1 heterocycles. The molecule has 1 aliphatic heterocycles. The largest absolute Gasteiger partial charge is 0.493 e. The van der Waals surface area contributed by atoms with Crippen LogP contribution in [0.1, 0.15) is 50.2 Å². The Morgan fingerprint density at radius 3 is 2.62 bits per heavy atom. The van der Waals surface area contributed by atoms with Crippen LogP contribution < -0.4 is 14.8 Å². The summed E-state index contributed by atoms with van der Waals surface area (Å²) in [6.45, 7) is 4.34. The number of hydrogen-bond acceptors (Lipinski definition) is 8. The third-order valence-electron chi connectivity index (χ3n) is 7.06. The molecule has 3 aliphatic rings. The molecule has 4 unspecified atom stereocenters. The first kappa shape index (κ1) is 27.4. The number of carbonyl (C=O) groups excluding carboxylic acids is 2. The van der Waals surface area contributed by atoms with Crippen molar-refractivity contribution in [2.75, 3.05) is 33.4 Å². The summed E-state index contributed by atoms with van der Waals surface area (Å²) < 4.78 is 17.4. The standard InChI is InChI=1S/C27H38N2O8/c1-15(2)36-10-4-8-29(27(34)17-5-6-17)20-13-19(26(33)28-7-9-30)22-18-11-16(14-31)12-21(35-3)24(18)37-25(22)23(20)32/h11-13,15,17,20,22-23,25,30-32H,4-10,14H2,1-3H3,(H,28,33). The maximum Gasteiger partial charge on any atom is 0.247 e. The summed E-state index contributed by atoms with van der Waals surface area (Å²) in [7, 11) is 1.49. The summed E-state index contributed by atoms with van der Waals surface area (Å²) in [4.78, 5) is 28.3. The van der Waals surface area contributed by atoms with Gasteiger partial charge in [0.05, 0.1) is 38.4 Å². The number of amides is 2. The van der Waals surface area contributed by atoms with Crippen LogP contribution >= 0.6 is 0 Å². The van der Waals surface area contributed by atoms with E-state index >= 15 is 0 Å². The van der Waals surface area contributed by atoms with Crippen molar-refractivity contribution in [1.29, 1.82) is 0 Å². The van der Waals surface area contributed by atoms with Gasteiger partial charge in [-0.25, -0.2) is 0 Å². The molecule has 2 aliphatic carbocycles. The average molecular weight is 519 g/mol. The van der Waals surface area contributed by atoms with Gasteiger partial charge in [-0.1, -0.05) is 0 Å². The molecule has 0 aromatic heterocycles. The van der Waals surface area contributed by atoms with E-state index in [1.807, 2.05) is 13.8 Å². The Morgan fingerprint density at radius 1 is 1.24 bits per heavy atom. The second-order valence-corrected chi connectivity index (χ2v) is 10.1. The Morgan fingerprint density at radius 2 is 2.00 bits per heavy atom. The summed E-state index contributed by atoms with van der Waals surface area (Å²) in [6.07, 6.45) is 1.99. The van der Waals surface area contributed by atoms with Crippen molar-refractivity contribution in [3.8, 4) is 11.5 Å². The summed E-state index contributed by atoms with van der Waals surface area (Å²) in [6, 6.07) is 2.63. The second-order valence-electron chi connectivity index (χ2n) is 10.1. The van der Waals surface area contributed by atoms with Crippen molar-refractivity contribution in [3.63, 3.8) is 0 Å². The lowest BCUT2D eigenvalue weighted by Gasteiger charge is -2.41.